The van der Waals surface area contributed by atoms with Gasteiger partial charge in [0.05, 0.1) is 41.7 Å². The first kappa shape index (κ1) is 33.2. The number of allylic oxidation sites excluding steroid dienone is 2. The molecule has 4 aromatic carbocycles. The van der Waals surface area contributed by atoms with Crippen molar-refractivity contribution in [3.8, 4) is 11.5 Å². The summed E-state index contributed by atoms with van der Waals surface area (Å²) in [6.45, 7) is 0. The van der Waals surface area contributed by atoms with Gasteiger partial charge in [0.1, 0.15) is 17.3 Å². The SMILES string of the molecule is COc1cccc(O)c1[C@H]1C2=CC[C@@H]3C(=O)N(c4ccc(Br)cc4)C(=O)[C@@H]3[C@@H]2C[C@H]2C(=O)N(Nc3ccc(F)cc3)C(=O)[C@@]12c1ccc(Cl)cc1. The van der Waals surface area contributed by atoms with Crippen LogP contribution >= 0.6 is 27.5 Å². The highest BCUT2D eigenvalue weighted by Crippen LogP contribution is 2.66. The molecule has 2 heterocycles. The largest absolute Gasteiger partial charge is 0.508 e. The quantitative estimate of drug-likeness (QED) is 0.158. The molecule has 4 amide bonds. The van der Waals surface area contributed by atoms with E-state index >= 15 is 4.79 Å². The van der Waals surface area contributed by atoms with Gasteiger partial charge in [-0.15, -0.1) is 0 Å². The first-order chi connectivity index (χ1) is 24.6. The summed E-state index contributed by atoms with van der Waals surface area (Å²) in [5.74, 6) is -6.51. The van der Waals surface area contributed by atoms with Gasteiger partial charge in [-0.3, -0.25) is 29.5 Å². The number of methoxy groups -OCH3 is 1. The Kier molecular flexibility index (Phi) is 8.03. The van der Waals surface area contributed by atoms with Gasteiger partial charge in [-0.25, -0.2) is 4.39 Å². The van der Waals surface area contributed by atoms with Crippen LogP contribution in [0.3, 0.4) is 0 Å². The molecular weight excluding hydrogens is 741 g/mol. The number of nitrogens with one attached hydrogen (secondary N) is 1. The van der Waals surface area contributed by atoms with Gasteiger partial charge in [0.2, 0.25) is 11.8 Å². The summed E-state index contributed by atoms with van der Waals surface area (Å²) in [4.78, 5) is 59.7. The third kappa shape index (κ3) is 4.92. The molecule has 2 aliphatic heterocycles. The second-order valence-corrected chi connectivity index (χ2v) is 14.6. The molecule has 51 heavy (non-hydrogen) atoms. The number of hydrogen-bond donors (Lipinski definition) is 2. The Morgan fingerprint density at radius 3 is 2.29 bits per heavy atom. The van der Waals surface area contributed by atoms with Crippen LogP contribution in [0.25, 0.3) is 0 Å². The van der Waals surface area contributed by atoms with E-state index < -0.39 is 52.6 Å². The van der Waals surface area contributed by atoms with Gasteiger partial charge in [0.25, 0.3) is 11.8 Å². The van der Waals surface area contributed by atoms with Gasteiger partial charge in [0, 0.05) is 21.0 Å². The predicted octanol–water partition coefficient (Wildman–Crippen LogP) is 7.15. The van der Waals surface area contributed by atoms with E-state index in [0.717, 1.165) is 9.48 Å². The first-order valence-electron chi connectivity index (χ1n) is 16.4. The number of carbonyl (C=O) groups is 4. The second-order valence-electron chi connectivity index (χ2n) is 13.3. The molecule has 0 aromatic heterocycles. The minimum absolute atomic E-state index is 0.0570. The average molecular weight is 771 g/mol. The number of nitrogens with zero attached hydrogens (tertiary/aromatic N) is 2. The lowest BCUT2D eigenvalue weighted by atomic mass is 9.49. The van der Waals surface area contributed by atoms with E-state index in [9.17, 15) is 23.9 Å². The van der Waals surface area contributed by atoms with Gasteiger partial charge in [0.15, 0.2) is 0 Å². The smallest absolute Gasteiger partial charge is 0.260 e. The lowest BCUT2D eigenvalue weighted by Crippen LogP contribution is -2.53. The molecule has 3 fully saturated rings. The zero-order valence-electron chi connectivity index (χ0n) is 27.1. The number of benzene rings is 4. The Hall–Kier alpha value is -5.00. The Labute approximate surface area is 305 Å². The van der Waals surface area contributed by atoms with Crippen LogP contribution in [-0.4, -0.2) is 40.9 Å². The topological polar surface area (TPSA) is 116 Å². The minimum atomic E-state index is -1.66. The summed E-state index contributed by atoms with van der Waals surface area (Å²) >= 11 is 9.76. The molecule has 4 aliphatic rings. The lowest BCUT2D eigenvalue weighted by Gasteiger charge is -2.50. The van der Waals surface area contributed by atoms with E-state index in [4.69, 9.17) is 16.3 Å². The molecule has 2 N–H and O–H groups in total. The van der Waals surface area contributed by atoms with Crippen molar-refractivity contribution >= 4 is 62.5 Å². The van der Waals surface area contributed by atoms with Crippen LogP contribution < -0.4 is 15.1 Å². The van der Waals surface area contributed by atoms with Crippen molar-refractivity contribution in [3.05, 3.63) is 129 Å². The molecule has 0 unspecified atom stereocenters. The molecule has 2 aliphatic carbocycles. The lowest BCUT2D eigenvalue weighted by molar-refractivity contribution is -0.138. The number of halogens is 3. The first-order valence-corrected chi connectivity index (χ1v) is 17.6. The summed E-state index contributed by atoms with van der Waals surface area (Å²) in [5, 5.41) is 13.0. The number of carbonyl (C=O) groups excluding carboxylic acids is 4. The number of hydrogen-bond acceptors (Lipinski definition) is 7. The molecule has 0 radical (unpaired) electrons. The molecule has 6 atom stereocenters. The fraction of sp³-hybridized carbons (Fsp3) is 0.231. The molecule has 0 spiro atoms. The minimum Gasteiger partial charge on any atom is -0.508 e. The maximum Gasteiger partial charge on any atom is 0.260 e. The number of imide groups is 2. The Morgan fingerprint density at radius 1 is 0.902 bits per heavy atom. The van der Waals surface area contributed by atoms with Crippen LogP contribution in [0.1, 0.15) is 29.9 Å². The van der Waals surface area contributed by atoms with Crippen molar-refractivity contribution in [1.29, 1.82) is 0 Å². The maximum atomic E-state index is 15.3. The molecule has 2 saturated heterocycles. The van der Waals surface area contributed by atoms with Crippen LogP contribution in [0.2, 0.25) is 5.02 Å². The molecular formula is C39H30BrClFN3O6. The van der Waals surface area contributed by atoms with E-state index in [-0.39, 0.29) is 41.7 Å². The van der Waals surface area contributed by atoms with Crippen LogP contribution in [-0.2, 0) is 24.6 Å². The third-order valence-corrected chi connectivity index (χ3v) is 11.7. The number of fused-ring (bicyclic) bond motifs is 4. The van der Waals surface area contributed by atoms with Gasteiger partial charge in [-0.05, 0) is 97.1 Å². The Bertz CT molecular complexity index is 2140. The van der Waals surface area contributed by atoms with Crippen molar-refractivity contribution in [1.82, 2.24) is 5.01 Å². The molecule has 4 aromatic rings. The fourth-order valence-electron chi connectivity index (χ4n) is 8.81. The van der Waals surface area contributed by atoms with Crippen molar-refractivity contribution in [3.63, 3.8) is 0 Å². The van der Waals surface area contributed by atoms with E-state index in [0.29, 0.717) is 27.5 Å². The van der Waals surface area contributed by atoms with E-state index in [1.807, 2.05) is 6.08 Å². The van der Waals surface area contributed by atoms with Gasteiger partial charge < -0.3 is 9.84 Å². The molecule has 8 rings (SSSR count). The van der Waals surface area contributed by atoms with Gasteiger partial charge in [-0.2, -0.15) is 5.01 Å². The second kappa shape index (κ2) is 12.3. The zero-order chi connectivity index (χ0) is 35.8. The number of ether oxygens (including phenoxy) is 1. The molecule has 1 saturated carbocycles. The zero-order valence-corrected chi connectivity index (χ0v) is 29.4. The Morgan fingerprint density at radius 2 is 1.61 bits per heavy atom. The number of anilines is 2. The number of rotatable bonds is 6. The molecule has 258 valence electrons. The van der Waals surface area contributed by atoms with E-state index in [1.165, 1.54) is 42.3 Å². The number of amides is 4. The molecule has 9 nitrogen and oxygen atoms in total. The number of aromatic hydroxyl groups is 1. The number of phenolic OH excluding ortho intramolecular Hbond substituents is 1. The monoisotopic (exact) mass is 769 g/mol. The highest BCUT2D eigenvalue weighted by Gasteiger charge is 2.71. The van der Waals surface area contributed by atoms with Crippen molar-refractivity contribution in [2.75, 3.05) is 17.4 Å². The van der Waals surface area contributed by atoms with Crippen LogP contribution in [0.5, 0.6) is 11.5 Å². The highest BCUT2D eigenvalue weighted by molar-refractivity contribution is 9.10. The standard InChI is InChI=1S/C39H30BrClFN3O6/c1-51-31-4-2-3-30(46)33(31)34-26-17-18-27-32(37(49)44(35(27)47)25-15-7-21(40)8-16-25)28(26)19-29-36(48)45(43-24-13-11-23(42)12-14-24)38(50)39(29,34)20-5-9-22(41)10-6-20/h2-17,27-29,32,34,43,46H,18-19H2,1H3/t27-,28+,29-,32-,34+,39+/m0/s1. The van der Waals surface area contributed by atoms with Crippen molar-refractivity contribution < 1.29 is 33.4 Å². The van der Waals surface area contributed by atoms with E-state index in [1.54, 1.807) is 60.7 Å². The van der Waals surface area contributed by atoms with Crippen LogP contribution in [0.15, 0.2) is 107 Å². The van der Waals surface area contributed by atoms with Crippen molar-refractivity contribution in [2.24, 2.45) is 23.7 Å². The van der Waals surface area contributed by atoms with Crippen molar-refractivity contribution in [2.45, 2.75) is 24.2 Å². The number of phenols is 1. The number of hydrazine groups is 1. The normalized spacial score (nSPS) is 26.8. The van der Waals surface area contributed by atoms with Crippen LogP contribution in [0, 0.1) is 29.5 Å². The predicted molar refractivity (Wildman–Crippen MR) is 190 cm³/mol. The highest BCUT2D eigenvalue weighted by atomic mass is 79.9. The maximum absolute atomic E-state index is 15.3. The van der Waals surface area contributed by atoms with E-state index in [2.05, 4.69) is 21.4 Å². The summed E-state index contributed by atoms with van der Waals surface area (Å²) in [6.07, 6.45) is 2.17. The van der Waals surface area contributed by atoms with Crippen LogP contribution in [0.4, 0.5) is 15.8 Å². The molecule has 12 heteroatoms. The Balaban J connectivity index is 1.35. The summed E-state index contributed by atoms with van der Waals surface area (Å²) < 4.78 is 20.5. The van der Waals surface area contributed by atoms with Gasteiger partial charge in [-0.1, -0.05) is 57.4 Å². The summed E-state index contributed by atoms with van der Waals surface area (Å²) in [7, 11) is 1.45. The van der Waals surface area contributed by atoms with Gasteiger partial charge >= 0.3 is 0 Å². The fourth-order valence-corrected chi connectivity index (χ4v) is 9.20. The molecule has 0 bridgehead atoms. The average Bonchev–Trinajstić information content (AvgIpc) is 3.50. The summed E-state index contributed by atoms with van der Waals surface area (Å²) in [5.41, 5.74) is 3.41. The third-order valence-electron chi connectivity index (χ3n) is 10.9. The summed E-state index contributed by atoms with van der Waals surface area (Å²) in [6, 6.07) is 23.7.